The highest BCUT2D eigenvalue weighted by Gasteiger charge is 2.35. The van der Waals surface area contributed by atoms with Gasteiger partial charge in [-0.1, -0.05) is 98.8 Å². The van der Waals surface area contributed by atoms with Crippen LogP contribution in [0.4, 0.5) is 4.79 Å². The van der Waals surface area contributed by atoms with Gasteiger partial charge in [0.05, 0.1) is 13.2 Å². The summed E-state index contributed by atoms with van der Waals surface area (Å²) < 4.78 is 4.90. The molecule has 216 valence electrons. The number of likely N-dealkylation sites (tertiary alicyclic amines) is 1. The zero-order valence-electron chi connectivity index (χ0n) is 24.2. The summed E-state index contributed by atoms with van der Waals surface area (Å²) in [5.41, 5.74) is 3.93. The first kappa shape index (κ1) is 28.9. The average molecular weight is 564 g/mol. The molecule has 2 N–H and O–H groups in total. The third kappa shape index (κ3) is 6.46. The lowest BCUT2D eigenvalue weighted by Crippen LogP contribution is -2.57. The van der Waals surface area contributed by atoms with E-state index in [0.29, 0.717) is 25.1 Å². The molecule has 1 saturated heterocycles. The first-order valence-electron chi connectivity index (χ1n) is 14.4. The van der Waals surface area contributed by atoms with Crippen molar-refractivity contribution >= 4 is 28.7 Å². The molecule has 0 bridgehead atoms. The van der Waals surface area contributed by atoms with Gasteiger partial charge in [-0.3, -0.25) is 4.79 Å². The van der Waals surface area contributed by atoms with Crippen molar-refractivity contribution in [3.63, 3.8) is 0 Å². The molecule has 1 aliphatic heterocycles. The summed E-state index contributed by atoms with van der Waals surface area (Å²) in [4.78, 5) is 40.8. The molecule has 0 spiro atoms. The second kappa shape index (κ2) is 12.9. The largest absolute Gasteiger partial charge is 0.467 e. The van der Waals surface area contributed by atoms with E-state index >= 15 is 0 Å². The molecule has 1 fully saturated rings. The minimum absolute atomic E-state index is 0.00443. The zero-order chi connectivity index (χ0) is 29.6. The maximum Gasteiger partial charge on any atom is 0.328 e. The smallest absolute Gasteiger partial charge is 0.328 e. The fourth-order valence-corrected chi connectivity index (χ4v) is 5.67. The normalized spacial score (nSPS) is 17.5. The second-order valence-corrected chi connectivity index (χ2v) is 11.2. The Bertz CT molecular complexity index is 1550. The second-order valence-electron chi connectivity index (χ2n) is 11.2. The van der Waals surface area contributed by atoms with Crippen LogP contribution in [0.5, 0.6) is 0 Å². The number of rotatable bonds is 7. The summed E-state index contributed by atoms with van der Waals surface area (Å²) in [5, 5.41) is 8.14. The Balaban J connectivity index is 1.39. The number of esters is 1. The highest BCUT2D eigenvalue weighted by molar-refractivity contribution is 5.98. The Hall–Kier alpha value is -4.65. The van der Waals surface area contributed by atoms with Crippen LogP contribution in [0.15, 0.2) is 97.1 Å². The highest BCUT2D eigenvalue weighted by Crippen LogP contribution is 2.31. The number of fused-ring (bicyclic) bond motifs is 1. The third-order valence-corrected chi connectivity index (χ3v) is 8.07. The number of nitrogens with zero attached hydrogens (tertiary/aromatic N) is 1. The number of urea groups is 1. The van der Waals surface area contributed by atoms with Crippen LogP contribution in [0, 0.1) is 5.92 Å². The number of hydrogen-bond acceptors (Lipinski definition) is 4. The molecular weight excluding hydrogens is 526 g/mol. The highest BCUT2D eigenvalue weighted by atomic mass is 16.5. The molecule has 1 heterocycles. The van der Waals surface area contributed by atoms with Crippen molar-refractivity contribution in [2.75, 3.05) is 20.2 Å². The van der Waals surface area contributed by atoms with Crippen LogP contribution in [0.3, 0.4) is 0 Å². The van der Waals surface area contributed by atoms with Gasteiger partial charge >= 0.3 is 12.0 Å². The van der Waals surface area contributed by atoms with E-state index in [2.05, 4.69) is 47.0 Å². The molecule has 0 aliphatic carbocycles. The molecule has 4 aromatic rings. The number of nitrogens with one attached hydrogen (secondary N) is 2. The molecule has 7 heteroatoms. The number of hydrogen-bond donors (Lipinski definition) is 2. The van der Waals surface area contributed by atoms with Gasteiger partial charge in [0.1, 0.15) is 6.04 Å². The lowest BCUT2D eigenvalue weighted by Gasteiger charge is -2.39. The van der Waals surface area contributed by atoms with Crippen LogP contribution in [-0.2, 0) is 9.53 Å². The summed E-state index contributed by atoms with van der Waals surface area (Å²) in [6.07, 6.45) is 0.658. The van der Waals surface area contributed by atoms with Gasteiger partial charge in [-0.05, 0) is 51.9 Å². The van der Waals surface area contributed by atoms with E-state index in [0.717, 1.165) is 27.5 Å². The minimum Gasteiger partial charge on any atom is -0.467 e. The van der Waals surface area contributed by atoms with Gasteiger partial charge in [-0.15, -0.1) is 0 Å². The van der Waals surface area contributed by atoms with E-state index in [4.69, 9.17) is 4.74 Å². The van der Waals surface area contributed by atoms with E-state index in [9.17, 15) is 14.4 Å². The summed E-state index contributed by atoms with van der Waals surface area (Å²) >= 11 is 0. The average Bonchev–Trinajstić information content (AvgIpc) is 3.03. The number of amides is 3. The van der Waals surface area contributed by atoms with Crippen molar-refractivity contribution in [3.8, 4) is 11.1 Å². The lowest BCUT2D eigenvalue weighted by molar-refractivity contribution is -0.144. The molecule has 0 aromatic heterocycles. The molecule has 4 aromatic carbocycles. The standard InChI is InChI=1S/C35H37N3O4/c1-23(2)32(34(40)42-3)37-35(41)38-20-19-30(27-16-13-26(14-17-27)24-9-5-4-6-10-24)31(22-38)36-33(39)29-18-15-25-11-7-8-12-28(25)21-29/h4-18,21,23,30-32H,19-20,22H2,1-3H3,(H,36,39)(H,37,41)/t30-,31+,32-/m1/s1. The Labute approximate surface area is 246 Å². The van der Waals surface area contributed by atoms with Gasteiger partial charge in [0.25, 0.3) is 5.91 Å². The fraction of sp³-hybridized carbons (Fsp3) is 0.286. The monoisotopic (exact) mass is 563 g/mol. The molecule has 5 rings (SSSR count). The number of ether oxygens (including phenoxy) is 1. The molecule has 0 radical (unpaired) electrons. The maximum atomic E-state index is 13.6. The summed E-state index contributed by atoms with van der Waals surface area (Å²) in [6, 6.07) is 30.8. The molecule has 0 unspecified atom stereocenters. The molecular formula is C35H37N3O4. The van der Waals surface area contributed by atoms with E-state index in [1.807, 2.05) is 74.5 Å². The van der Waals surface area contributed by atoms with Gasteiger partial charge in [0, 0.05) is 24.6 Å². The molecule has 0 saturated carbocycles. The lowest BCUT2D eigenvalue weighted by atomic mass is 9.84. The Morgan fingerprint density at radius 2 is 1.50 bits per heavy atom. The maximum absolute atomic E-state index is 13.6. The number of methoxy groups -OCH3 is 1. The molecule has 7 nitrogen and oxygen atoms in total. The fourth-order valence-electron chi connectivity index (χ4n) is 5.67. The van der Waals surface area contributed by atoms with E-state index in [1.54, 1.807) is 4.90 Å². The molecule has 3 atom stereocenters. The van der Waals surface area contributed by atoms with E-state index in [1.165, 1.54) is 7.11 Å². The van der Waals surface area contributed by atoms with Gasteiger partial charge in [-0.25, -0.2) is 9.59 Å². The predicted octanol–water partition coefficient (Wildman–Crippen LogP) is 6.00. The molecule has 42 heavy (non-hydrogen) atoms. The van der Waals surface area contributed by atoms with E-state index in [-0.39, 0.29) is 29.8 Å². The Morgan fingerprint density at radius 1 is 0.833 bits per heavy atom. The summed E-state index contributed by atoms with van der Waals surface area (Å²) in [5.74, 6) is -0.795. The van der Waals surface area contributed by atoms with E-state index < -0.39 is 12.0 Å². The Morgan fingerprint density at radius 3 is 2.19 bits per heavy atom. The number of carbonyl (C=O) groups is 3. The minimum atomic E-state index is -0.753. The number of benzene rings is 4. The Kier molecular flexibility index (Phi) is 8.86. The van der Waals surface area contributed by atoms with Crippen molar-refractivity contribution in [1.29, 1.82) is 0 Å². The van der Waals surface area contributed by atoms with Crippen LogP contribution in [0.2, 0.25) is 0 Å². The SMILES string of the molecule is COC(=O)[C@H](NC(=O)N1CC[C@H](c2ccc(-c3ccccc3)cc2)[C@@H](NC(=O)c2ccc3ccccc3c2)C1)C(C)C. The predicted molar refractivity (Wildman–Crippen MR) is 165 cm³/mol. The first-order chi connectivity index (χ1) is 20.3. The number of carbonyl (C=O) groups excluding carboxylic acids is 3. The van der Waals surface area contributed by atoms with Crippen LogP contribution >= 0.6 is 0 Å². The van der Waals surface area contributed by atoms with Gasteiger partial charge < -0.3 is 20.3 Å². The van der Waals surface area contributed by atoms with Gasteiger partial charge in [0.15, 0.2) is 0 Å². The van der Waals surface area contributed by atoms with Crippen molar-refractivity contribution in [2.24, 2.45) is 5.92 Å². The van der Waals surface area contributed by atoms with Crippen molar-refractivity contribution in [1.82, 2.24) is 15.5 Å². The van der Waals surface area contributed by atoms with Crippen LogP contribution in [0.25, 0.3) is 21.9 Å². The summed E-state index contributed by atoms with van der Waals surface area (Å²) in [7, 11) is 1.32. The van der Waals surface area contributed by atoms with Gasteiger partial charge in [-0.2, -0.15) is 0 Å². The van der Waals surface area contributed by atoms with Crippen molar-refractivity contribution in [3.05, 3.63) is 108 Å². The quantitative estimate of drug-likeness (QED) is 0.270. The van der Waals surface area contributed by atoms with Gasteiger partial charge in [0.2, 0.25) is 0 Å². The zero-order valence-corrected chi connectivity index (χ0v) is 24.2. The topological polar surface area (TPSA) is 87.7 Å². The van der Waals surface area contributed by atoms with Crippen LogP contribution in [0.1, 0.15) is 42.1 Å². The molecule has 1 aliphatic rings. The molecule has 3 amide bonds. The van der Waals surface area contributed by atoms with Crippen molar-refractivity contribution in [2.45, 2.75) is 38.3 Å². The summed E-state index contributed by atoms with van der Waals surface area (Å²) in [6.45, 7) is 4.52. The van der Waals surface area contributed by atoms with Crippen LogP contribution < -0.4 is 10.6 Å². The number of piperidine rings is 1. The third-order valence-electron chi connectivity index (χ3n) is 8.07. The first-order valence-corrected chi connectivity index (χ1v) is 14.4. The van der Waals surface area contributed by atoms with Crippen LogP contribution in [-0.4, -0.2) is 55.1 Å². The van der Waals surface area contributed by atoms with Crippen molar-refractivity contribution < 1.29 is 19.1 Å².